The topological polar surface area (TPSA) is 50.1 Å². The molecule has 0 spiro atoms. The van der Waals surface area contributed by atoms with Crippen LogP contribution in [0.1, 0.15) is 5.56 Å². The molecule has 0 saturated heterocycles. The van der Waals surface area contributed by atoms with Gasteiger partial charge in [-0.2, -0.15) is 5.26 Å². The molecule has 2 aromatic heterocycles. The van der Waals surface area contributed by atoms with Crippen LogP contribution in [0.4, 0.5) is 0 Å². The first-order valence-corrected chi connectivity index (χ1v) is 15.3. The smallest absolute Gasteiger partial charge is 0.143 e. The molecule has 214 valence electrons. The minimum atomic E-state index is 0.607. The second-order valence-corrected chi connectivity index (χ2v) is 11.6. The van der Waals surface area contributed by atoms with Gasteiger partial charge in [0.1, 0.15) is 22.3 Å². The molecule has 0 amide bonds. The van der Waals surface area contributed by atoms with E-state index in [1.807, 2.05) is 66.7 Å². The van der Waals surface area contributed by atoms with Crippen molar-refractivity contribution in [2.24, 2.45) is 0 Å². The summed E-state index contributed by atoms with van der Waals surface area (Å²) in [6.07, 6.45) is 0. The molecular weight excluding hydrogens is 562 g/mol. The number of furan rings is 2. The second-order valence-electron chi connectivity index (χ2n) is 11.6. The third-order valence-corrected chi connectivity index (χ3v) is 8.90. The molecule has 0 bridgehead atoms. The quantitative estimate of drug-likeness (QED) is 0.206. The average molecular weight is 588 g/mol. The zero-order valence-electron chi connectivity index (χ0n) is 24.7. The van der Waals surface area contributed by atoms with Crippen LogP contribution in [-0.2, 0) is 0 Å². The van der Waals surface area contributed by atoms with Crippen molar-refractivity contribution in [3.05, 3.63) is 157 Å². The number of fused-ring (bicyclic) bond motifs is 6. The van der Waals surface area contributed by atoms with E-state index in [-0.39, 0.29) is 0 Å². The first kappa shape index (κ1) is 26.1. The van der Waals surface area contributed by atoms with Crippen LogP contribution in [0, 0.1) is 11.3 Å². The molecule has 0 aliphatic rings. The zero-order chi connectivity index (χ0) is 30.6. The van der Waals surface area contributed by atoms with E-state index in [2.05, 4.69) is 91.0 Å². The molecular formula is C43H25NO2. The van der Waals surface area contributed by atoms with Gasteiger partial charge in [-0.05, 0) is 81.4 Å². The summed E-state index contributed by atoms with van der Waals surface area (Å²) in [4.78, 5) is 0. The highest BCUT2D eigenvalue weighted by Gasteiger charge is 2.20. The van der Waals surface area contributed by atoms with Crippen molar-refractivity contribution in [1.82, 2.24) is 0 Å². The first-order valence-electron chi connectivity index (χ1n) is 15.3. The molecule has 0 radical (unpaired) electrons. The third kappa shape index (κ3) is 4.13. The lowest BCUT2D eigenvalue weighted by Gasteiger charge is -2.18. The Morgan fingerprint density at radius 3 is 1.85 bits per heavy atom. The summed E-state index contributed by atoms with van der Waals surface area (Å²) in [6.45, 7) is 0. The van der Waals surface area contributed by atoms with Gasteiger partial charge in [0.25, 0.3) is 0 Å². The largest absolute Gasteiger partial charge is 0.456 e. The van der Waals surface area contributed by atoms with Crippen LogP contribution >= 0.6 is 0 Å². The van der Waals surface area contributed by atoms with Crippen LogP contribution < -0.4 is 0 Å². The Hall–Kier alpha value is -6.37. The molecule has 2 heterocycles. The van der Waals surface area contributed by atoms with Crippen molar-refractivity contribution in [1.29, 1.82) is 5.26 Å². The molecule has 46 heavy (non-hydrogen) atoms. The van der Waals surface area contributed by atoms with Crippen LogP contribution in [0.25, 0.3) is 88.4 Å². The molecule has 0 unspecified atom stereocenters. The van der Waals surface area contributed by atoms with Crippen molar-refractivity contribution >= 4 is 43.9 Å². The van der Waals surface area contributed by atoms with Crippen LogP contribution in [0.2, 0.25) is 0 Å². The van der Waals surface area contributed by atoms with Gasteiger partial charge in [0.2, 0.25) is 0 Å². The summed E-state index contributed by atoms with van der Waals surface area (Å²) in [6, 6.07) is 54.3. The molecule has 0 aliphatic carbocycles. The van der Waals surface area contributed by atoms with E-state index in [1.165, 1.54) is 0 Å². The molecule has 0 atom stereocenters. The summed E-state index contributed by atoms with van der Waals surface area (Å²) in [5.41, 5.74) is 12.3. The van der Waals surface area contributed by atoms with E-state index in [1.54, 1.807) is 0 Å². The summed E-state index contributed by atoms with van der Waals surface area (Å²) in [5, 5.41) is 14.5. The van der Waals surface area contributed by atoms with Gasteiger partial charge in [-0.25, -0.2) is 0 Å². The van der Waals surface area contributed by atoms with Crippen LogP contribution in [0.15, 0.2) is 160 Å². The SMILES string of the molecule is N#Cc1cc(-c2ccccc2)cc(-c2c(-c3ccc4oc5ccccc5c4c3)cccc2-c2cccc3c2oc2ccccc23)c1. The summed E-state index contributed by atoms with van der Waals surface area (Å²) >= 11 is 0. The highest BCUT2D eigenvalue weighted by Crippen LogP contribution is 2.45. The van der Waals surface area contributed by atoms with Crippen LogP contribution in [-0.4, -0.2) is 0 Å². The van der Waals surface area contributed by atoms with E-state index in [0.717, 1.165) is 88.4 Å². The summed E-state index contributed by atoms with van der Waals surface area (Å²) in [5.74, 6) is 0. The van der Waals surface area contributed by atoms with E-state index >= 15 is 0 Å². The highest BCUT2D eigenvalue weighted by atomic mass is 16.3. The Kier molecular flexibility index (Phi) is 5.88. The normalized spacial score (nSPS) is 11.5. The van der Waals surface area contributed by atoms with Gasteiger partial charge in [-0.15, -0.1) is 0 Å². The van der Waals surface area contributed by atoms with Crippen molar-refractivity contribution in [2.45, 2.75) is 0 Å². The molecule has 3 heteroatoms. The lowest BCUT2D eigenvalue weighted by molar-refractivity contribution is 0.669. The van der Waals surface area contributed by atoms with E-state index in [0.29, 0.717) is 5.56 Å². The maximum Gasteiger partial charge on any atom is 0.143 e. The number of benzene rings is 7. The zero-order valence-corrected chi connectivity index (χ0v) is 24.7. The van der Waals surface area contributed by atoms with Gasteiger partial charge >= 0.3 is 0 Å². The van der Waals surface area contributed by atoms with Crippen LogP contribution in [0.5, 0.6) is 0 Å². The molecule has 0 saturated carbocycles. The third-order valence-electron chi connectivity index (χ3n) is 8.90. The summed E-state index contributed by atoms with van der Waals surface area (Å²) < 4.78 is 12.7. The summed E-state index contributed by atoms with van der Waals surface area (Å²) in [7, 11) is 0. The van der Waals surface area contributed by atoms with Crippen molar-refractivity contribution in [3.8, 4) is 50.6 Å². The number of hydrogen-bond donors (Lipinski definition) is 0. The Bertz CT molecular complexity index is 2650. The highest BCUT2D eigenvalue weighted by molar-refractivity contribution is 6.12. The minimum absolute atomic E-state index is 0.607. The number of rotatable bonds is 4. The Morgan fingerprint density at radius 1 is 0.391 bits per heavy atom. The minimum Gasteiger partial charge on any atom is -0.456 e. The number of hydrogen-bond acceptors (Lipinski definition) is 3. The molecule has 0 aliphatic heterocycles. The predicted molar refractivity (Wildman–Crippen MR) is 187 cm³/mol. The predicted octanol–water partition coefficient (Wildman–Crippen LogP) is 12.0. The van der Waals surface area contributed by atoms with Crippen molar-refractivity contribution in [2.75, 3.05) is 0 Å². The molecule has 0 N–H and O–H groups in total. The van der Waals surface area contributed by atoms with Gasteiger partial charge in [-0.3, -0.25) is 0 Å². The number of nitrogens with zero attached hydrogens (tertiary/aromatic N) is 1. The molecule has 9 rings (SSSR count). The lowest BCUT2D eigenvalue weighted by atomic mass is 9.85. The van der Waals surface area contributed by atoms with E-state index < -0.39 is 0 Å². The van der Waals surface area contributed by atoms with Crippen molar-refractivity contribution in [3.63, 3.8) is 0 Å². The van der Waals surface area contributed by atoms with Gasteiger partial charge < -0.3 is 8.83 Å². The Labute approximate surface area is 265 Å². The molecule has 7 aromatic carbocycles. The van der Waals surface area contributed by atoms with Crippen molar-refractivity contribution < 1.29 is 8.83 Å². The lowest BCUT2D eigenvalue weighted by Crippen LogP contribution is -1.93. The first-order chi connectivity index (χ1) is 22.7. The van der Waals surface area contributed by atoms with Gasteiger partial charge in [0.15, 0.2) is 0 Å². The van der Waals surface area contributed by atoms with Crippen LogP contribution in [0.3, 0.4) is 0 Å². The van der Waals surface area contributed by atoms with Gasteiger partial charge in [0, 0.05) is 27.1 Å². The van der Waals surface area contributed by atoms with E-state index in [9.17, 15) is 5.26 Å². The van der Waals surface area contributed by atoms with Gasteiger partial charge in [0.05, 0.1) is 11.6 Å². The Morgan fingerprint density at radius 2 is 1.02 bits per heavy atom. The van der Waals surface area contributed by atoms with Gasteiger partial charge in [-0.1, -0.05) is 109 Å². The molecule has 9 aromatic rings. The number of nitriles is 1. The second kappa shape index (κ2) is 10.4. The number of para-hydroxylation sites is 3. The Balaban J connectivity index is 1.37. The van der Waals surface area contributed by atoms with E-state index in [4.69, 9.17) is 8.83 Å². The maximum absolute atomic E-state index is 10.2. The maximum atomic E-state index is 10.2. The fourth-order valence-corrected chi connectivity index (χ4v) is 6.81. The monoisotopic (exact) mass is 587 g/mol. The standard InChI is InChI=1S/C43H25NO2/c44-26-27-22-30(28-10-2-1-3-11-28)24-31(23-27)42-32(29-20-21-41-38(25-29)34-13-5-6-18-39(34)45-41)14-8-15-35(42)37-17-9-16-36-33-12-4-7-19-40(33)46-43(36)37/h1-25H. The molecule has 0 fully saturated rings. The fraction of sp³-hybridized carbons (Fsp3) is 0. The average Bonchev–Trinajstić information content (AvgIpc) is 3.69. The molecule has 3 nitrogen and oxygen atoms in total. The fourth-order valence-electron chi connectivity index (χ4n) is 6.81.